The van der Waals surface area contributed by atoms with E-state index in [0.717, 1.165) is 32.1 Å². The van der Waals surface area contributed by atoms with Crippen LogP contribution in [0.25, 0.3) is 0 Å². The van der Waals surface area contributed by atoms with E-state index in [4.69, 9.17) is 9.84 Å². The van der Waals surface area contributed by atoms with Crippen LogP contribution in [0.1, 0.15) is 238 Å². The van der Waals surface area contributed by atoms with Gasteiger partial charge in [-0.05, 0) is 44.9 Å². The molecule has 46 heavy (non-hydrogen) atoms. The molecule has 0 atom stereocenters. The summed E-state index contributed by atoms with van der Waals surface area (Å²) in [6.07, 6.45) is 49.5. The minimum Gasteiger partial charge on any atom is -0.481 e. The van der Waals surface area contributed by atoms with E-state index in [2.05, 4.69) is 19.1 Å². The summed E-state index contributed by atoms with van der Waals surface area (Å²) >= 11 is 0. The number of aliphatic carboxylic acids is 1. The van der Waals surface area contributed by atoms with Crippen LogP contribution in [0, 0.1) is 0 Å². The first-order chi connectivity index (χ1) is 22.7. The largest absolute Gasteiger partial charge is 0.481 e. The minimum absolute atomic E-state index is 0.00877. The molecular formula is C42H80O4. The Labute approximate surface area is 287 Å². The van der Waals surface area contributed by atoms with Crippen LogP contribution in [0.3, 0.4) is 0 Å². The Balaban J connectivity index is 3.18. The normalized spacial score (nSPS) is 11.5. The van der Waals surface area contributed by atoms with Crippen LogP contribution in [0.5, 0.6) is 0 Å². The van der Waals surface area contributed by atoms with Gasteiger partial charge in [0.15, 0.2) is 0 Å². The van der Waals surface area contributed by atoms with Crippen molar-refractivity contribution in [3.05, 3.63) is 12.2 Å². The Morgan fingerprint density at radius 3 is 1.09 bits per heavy atom. The molecule has 0 saturated carbocycles. The number of rotatable bonds is 39. The highest BCUT2D eigenvalue weighted by Crippen LogP contribution is 2.16. The van der Waals surface area contributed by atoms with Crippen LogP contribution in [-0.4, -0.2) is 23.7 Å². The summed E-state index contributed by atoms with van der Waals surface area (Å²) < 4.78 is 5.45. The van der Waals surface area contributed by atoms with Crippen molar-refractivity contribution in [1.29, 1.82) is 0 Å². The number of unbranched alkanes of at least 4 members (excludes halogenated alkanes) is 31. The third kappa shape index (κ3) is 40.7. The molecule has 0 amide bonds. The number of carbonyl (C=O) groups excluding carboxylic acids is 1. The standard InChI is InChI=1S/C42H80O4/c1-2-3-4-5-6-7-8-9-10-14-18-21-24-27-30-33-36-39-42(45)46-40-37-34-31-28-25-22-19-16-13-11-12-15-17-20-23-26-29-32-35-38-41(43)44/h9-10H,2-8,11-40H2,1H3,(H,43,44). The summed E-state index contributed by atoms with van der Waals surface area (Å²) in [6.45, 7) is 2.89. The molecule has 0 unspecified atom stereocenters. The Morgan fingerprint density at radius 1 is 0.413 bits per heavy atom. The highest BCUT2D eigenvalue weighted by atomic mass is 16.5. The SMILES string of the molecule is CCCCCCCCC=CCCCCCCCCCC(=O)OCCCCCCCCCCCCCCCCCCCCCC(=O)O. The molecule has 0 aromatic rings. The zero-order valence-corrected chi connectivity index (χ0v) is 31.0. The van der Waals surface area contributed by atoms with E-state index in [-0.39, 0.29) is 5.97 Å². The molecule has 0 aromatic carbocycles. The number of carboxylic acids is 1. The number of allylic oxidation sites excluding steroid dienone is 2. The van der Waals surface area contributed by atoms with E-state index >= 15 is 0 Å². The van der Waals surface area contributed by atoms with Gasteiger partial charge < -0.3 is 9.84 Å². The van der Waals surface area contributed by atoms with Crippen LogP contribution in [0.2, 0.25) is 0 Å². The molecule has 1 N–H and O–H groups in total. The predicted octanol–water partition coefficient (Wildman–Crippen LogP) is 14.2. The molecule has 0 aliphatic carbocycles. The third-order valence-corrected chi connectivity index (χ3v) is 9.44. The highest BCUT2D eigenvalue weighted by molar-refractivity contribution is 5.69. The van der Waals surface area contributed by atoms with Gasteiger partial charge in [-0.3, -0.25) is 9.59 Å². The van der Waals surface area contributed by atoms with Crippen LogP contribution in [0.15, 0.2) is 12.2 Å². The second-order valence-electron chi connectivity index (χ2n) is 14.1. The number of esters is 1. The van der Waals surface area contributed by atoms with Crippen LogP contribution >= 0.6 is 0 Å². The van der Waals surface area contributed by atoms with Crippen molar-refractivity contribution in [3.8, 4) is 0 Å². The summed E-state index contributed by atoms with van der Waals surface area (Å²) in [5, 5.41) is 8.64. The van der Waals surface area contributed by atoms with Crippen molar-refractivity contribution in [1.82, 2.24) is 0 Å². The maximum absolute atomic E-state index is 12.0. The van der Waals surface area contributed by atoms with Crippen molar-refractivity contribution < 1.29 is 19.4 Å². The van der Waals surface area contributed by atoms with Crippen LogP contribution < -0.4 is 0 Å². The van der Waals surface area contributed by atoms with Crippen molar-refractivity contribution in [3.63, 3.8) is 0 Å². The number of carbonyl (C=O) groups is 2. The molecule has 0 spiro atoms. The first-order valence-corrected chi connectivity index (χ1v) is 20.7. The molecule has 0 heterocycles. The number of hydrogen-bond acceptors (Lipinski definition) is 3. The molecule has 0 aliphatic rings. The Hall–Kier alpha value is -1.32. The summed E-state index contributed by atoms with van der Waals surface area (Å²) in [5.74, 6) is -0.651. The molecule has 0 aliphatic heterocycles. The highest BCUT2D eigenvalue weighted by Gasteiger charge is 2.03. The van der Waals surface area contributed by atoms with E-state index in [1.807, 2.05) is 0 Å². The molecule has 0 radical (unpaired) electrons. The Bertz CT molecular complexity index is 644. The third-order valence-electron chi connectivity index (χ3n) is 9.44. The van der Waals surface area contributed by atoms with Crippen LogP contribution in [0.4, 0.5) is 0 Å². The molecule has 4 heteroatoms. The summed E-state index contributed by atoms with van der Waals surface area (Å²) in [5.41, 5.74) is 0. The first-order valence-electron chi connectivity index (χ1n) is 20.7. The Kier molecular flexibility index (Phi) is 38.7. The number of hydrogen-bond donors (Lipinski definition) is 1. The lowest BCUT2D eigenvalue weighted by molar-refractivity contribution is -0.144. The summed E-state index contributed by atoms with van der Waals surface area (Å²) in [7, 11) is 0. The van der Waals surface area contributed by atoms with Gasteiger partial charge in [-0.25, -0.2) is 0 Å². The average Bonchev–Trinajstić information content (AvgIpc) is 3.04. The van der Waals surface area contributed by atoms with Gasteiger partial charge in [0.05, 0.1) is 6.61 Å². The predicted molar refractivity (Wildman–Crippen MR) is 200 cm³/mol. The monoisotopic (exact) mass is 649 g/mol. The smallest absolute Gasteiger partial charge is 0.305 e. The van der Waals surface area contributed by atoms with Gasteiger partial charge in [-0.1, -0.05) is 192 Å². The second kappa shape index (κ2) is 39.9. The maximum atomic E-state index is 12.0. The average molecular weight is 649 g/mol. The quantitative estimate of drug-likeness (QED) is 0.0409. The van der Waals surface area contributed by atoms with Gasteiger partial charge in [0.1, 0.15) is 0 Å². The van der Waals surface area contributed by atoms with E-state index in [1.165, 1.54) is 186 Å². The fourth-order valence-corrected chi connectivity index (χ4v) is 6.34. The molecule has 4 nitrogen and oxygen atoms in total. The molecular weight excluding hydrogens is 568 g/mol. The molecule has 0 bridgehead atoms. The van der Waals surface area contributed by atoms with Crippen LogP contribution in [-0.2, 0) is 14.3 Å². The van der Waals surface area contributed by atoms with Gasteiger partial charge in [0.2, 0.25) is 0 Å². The summed E-state index contributed by atoms with van der Waals surface area (Å²) in [6, 6.07) is 0. The Morgan fingerprint density at radius 2 is 0.717 bits per heavy atom. The van der Waals surface area contributed by atoms with Gasteiger partial charge in [0, 0.05) is 12.8 Å². The number of carboxylic acid groups (broad SMARTS) is 1. The lowest BCUT2D eigenvalue weighted by atomic mass is 10.0. The van der Waals surface area contributed by atoms with Gasteiger partial charge in [0.25, 0.3) is 0 Å². The van der Waals surface area contributed by atoms with E-state index in [1.54, 1.807) is 0 Å². The zero-order valence-electron chi connectivity index (χ0n) is 31.0. The molecule has 0 aromatic heterocycles. The fraction of sp³-hybridized carbons (Fsp3) is 0.905. The summed E-state index contributed by atoms with van der Waals surface area (Å²) in [4.78, 5) is 22.5. The topological polar surface area (TPSA) is 63.6 Å². The fourth-order valence-electron chi connectivity index (χ4n) is 6.34. The molecule has 0 rings (SSSR count). The van der Waals surface area contributed by atoms with Gasteiger partial charge in [-0.15, -0.1) is 0 Å². The van der Waals surface area contributed by atoms with Gasteiger partial charge >= 0.3 is 11.9 Å². The molecule has 0 saturated heterocycles. The molecule has 0 fully saturated rings. The van der Waals surface area contributed by atoms with E-state index < -0.39 is 5.97 Å². The van der Waals surface area contributed by atoms with Crippen molar-refractivity contribution >= 4 is 11.9 Å². The maximum Gasteiger partial charge on any atom is 0.305 e. The van der Waals surface area contributed by atoms with E-state index in [9.17, 15) is 9.59 Å². The van der Waals surface area contributed by atoms with Crippen molar-refractivity contribution in [2.45, 2.75) is 238 Å². The second-order valence-corrected chi connectivity index (χ2v) is 14.1. The number of ether oxygens (including phenoxy) is 1. The minimum atomic E-state index is -0.660. The lowest BCUT2D eigenvalue weighted by Gasteiger charge is -2.06. The van der Waals surface area contributed by atoms with Crippen molar-refractivity contribution in [2.75, 3.05) is 6.61 Å². The van der Waals surface area contributed by atoms with Gasteiger partial charge in [-0.2, -0.15) is 0 Å². The molecule has 272 valence electrons. The zero-order chi connectivity index (χ0) is 33.4. The van der Waals surface area contributed by atoms with E-state index in [0.29, 0.717) is 19.4 Å². The van der Waals surface area contributed by atoms with Crippen molar-refractivity contribution in [2.24, 2.45) is 0 Å². The first kappa shape index (κ1) is 44.7. The lowest BCUT2D eigenvalue weighted by Crippen LogP contribution is -2.05.